The number of hydrogen-bond acceptors (Lipinski definition) is 3. The summed E-state index contributed by atoms with van der Waals surface area (Å²) in [6.45, 7) is 3.84. The van der Waals surface area contributed by atoms with Gasteiger partial charge in [-0.2, -0.15) is 0 Å². The largest absolute Gasteiger partial charge is 0.338 e. The summed E-state index contributed by atoms with van der Waals surface area (Å²) in [5.41, 5.74) is 2.30. The van der Waals surface area contributed by atoms with E-state index in [2.05, 4.69) is 21.6 Å². The fraction of sp³-hybridized carbons (Fsp3) is 0.524. The van der Waals surface area contributed by atoms with E-state index in [0.29, 0.717) is 26.2 Å². The van der Waals surface area contributed by atoms with E-state index in [4.69, 9.17) is 0 Å². The van der Waals surface area contributed by atoms with Crippen LogP contribution in [0.2, 0.25) is 0 Å². The van der Waals surface area contributed by atoms with Gasteiger partial charge in [0, 0.05) is 38.4 Å². The average Bonchev–Trinajstić information content (AvgIpc) is 2.70. The quantitative estimate of drug-likeness (QED) is 0.757. The Hall–Kier alpha value is -2.34. The number of para-hydroxylation sites is 1. The van der Waals surface area contributed by atoms with Crippen molar-refractivity contribution in [2.24, 2.45) is 0 Å². The second kappa shape index (κ2) is 10.1. The summed E-state index contributed by atoms with van der Waals surface area (Å²) in [5.74, 6) is -0.0140. The van der Waals surface area contributed by atoms with E-state index in [9.17, 15) is 9.59 Å². The molecule has 0 spiro atoms. The molecule has 1 aliphatic carbocycles. The first kappa shape index (κ1) is 19.4. The van der Waals surface area contributed by atoms with Gasteiger partial charge in [0.25, 0.3) is 0 Å². The van der Waals surface area contributed by atoms with Crippen molar-refractivity contribution in [2.75, 3.05) is 44.6 Å². The highest BCUT2D eigenvalue weighted by Gasteiger charge is 2.22. The van der Waals surface area contributed by atoms with Crippen LogP contribution in [0.5, 0.6) is 0 Å². The van der Waals surface area contributed by atoms with Crippen LogP contribution in [0.3, 0.4) is 0 Å². The Balaban J connectivity index is 1.32. The molecule has 0 aromatic heterocycles. The summed E-state index contributed by atoms with van der Waals surface area (Å²) in [6.07, 6.45) is 8.23. The summed E-state index contributed by atoms with van der Waals surface area (Å²) in [5, 5.41) is 5.94. The Morgan fingerprint density at radius 2 is 1.78 bits per heavy atom. The Kier molecular flexibility index (Phi) is 7.27. The number of nitrogens with one attached hydrogen (secondary N) is 2. The van der Waals surface area contributed by atoms with Gasteiger partial charge in [0.1, 0.15) is 0 Å². The third-order valence-corrected chi connectivity index (χ3v) is 5.19. The molecule has 3 amide bonds. The first-order chi connectivity index (χ1) is 13.2. The number of carbonyl (C=O) groups excluding carboxylic acids is 2. The maximum Gasteiger partial charge on any atom is 0.317 e. The van der Waals surface area contributed by atoms with E-state index < -0.39 is 0 Å². The second-order valence-electron chi connectivity index (χ2n) is 7.27. The Labute approximate surface area is 161 Å². The highest BCUT2D eigenvalue weighted by molar-refractivity contribution is 5.92. The van der Waals surface area contributed by atoms with Gasteiger partial charge in [-0.25, -0.2) is 4.79 Å². The second-order valence-corrected chi connectivity index (χ2v) is 7.27. The molecule has 0 saturated carbocycles. The molecule has 1 fully saturated rings. The van der Waals surface area contributed by atoms with Crippen LogP contribution in [0.15, 0.2) is 42.0 Å². The SMILES string of the molecule is O=C(CN1CCN(C(=O)NCCC2=CCCCC2)CC1)Nc1ccccc1. The summed E-state index contributed by atoms with van der Waals surface area (Å²) in [6, 6.07) is 9.49. The van der Waals surface area contributed by atoms with Gasteiger partial charge in [0.05, 0.1) is 6.54 Å². The minimum Gasteiger partial charge on any atom is -0.338 e. The first-order valence-electron chi connectivity index (χ1n) is 9.98. The minimum atomic E-state index is -0.0140. The number of piperazine rings is 1. The van der Waals surface area contributed by atoms with Gasteiger partial charge in [-0.3, -0.25) is 9.69 Å². The van der Waals surface area contributed by atoms with Crippen molar-refractivity contribution in [3.8, 4) is 0 Å². The molecule has 0 atom stereocenters. The zero-order valence-corrected chi connectivity index (χ0v) is 16.0. The molecular formula is C21H30N4O2. The van der Waals surface area contributed by atoms with Crippen LogP contribution in [0.25, 0.3) is 0 Å². The molecule has 146 valence electrons. The third kappa shape index (κ3) is 6.40. The lowest BCUT2D eigenvalue weighted by atomic mass is 9.97. The summed E-state index contributed by atoms with van der Waals surface area (Å²) < 4.78 is 0. The molecule has 1 saturated heterocycles. The number of allylic oxidation sites excluding steroid dienone is 1. The average molecular weight is 370 g/mol. The molecule has 2 aliphatic rings. The fourth-order valence-electron chi connectivity index (χ4n) is 3.61. The van der Waals surface area contributed by atoms with Crippen molar-refractivity contribution in [3.05, 3.63) is 42.0 Å². The van der Waals surface area contributed by atoms with E-state index in [-0.39, 0.29) is 11.9 Å². The Morgan fingerprint density at radius 1 is 1.00 bits per heavy atom. The van der Waals surface area contributed by atoms with Crippen LogP contribution in [-0.2, 0) is 4.79 Å². The Morgan fingerprint density at radius 3 is 2.48 bits per heavy atom. The van der Waals surface area contributed by atoms with Gasteiger partial charge in [-0.05, 0) is 44.2 Å². The molecular weight excluding hydrogens is 340 g/mol. The van der Waals surface area contributed by atoms with Crippen molar-refractivity contribution in [1.29, 1.82) is 0 Å². The van der Waals surface area contributed by atoms with Crippen LogP contribution in [0.4, 0.5) is 10.5 Å². The van der Waals surface area contributed by atoms with Crippen LogP contribution < -0.4 is 10.6 Å². The number of hydrogen-bond donors (Lipinski definition) is 2. The molecule has 0 bridgehead atoms. The van der Waals surface area contributed by atoms with Gasteiger partial charge in [-0.1, -0.05) is 29.8 Å². The number of rotatable bonds is 6. The van der Waals surface area contributed by atoms with Crippen LogP contribution in [-0.4, -0.2) is 61.0 Å². The smallest absolute Gasteiger partial charge is 0.317 e. The highest BCUT2D eigenvalue weighted by atomic mass is 16.2. The number of carbonyl (C=O) groups is 2. The summed E-state index contributed by atoms with van der Waals surface area (Å²) in [7, 11) is 0. The molecule has 1 aliphatic heterocycles. The fourth-order valence-corrected chi connectivity index (χ4v) is 3.61. The molecule has 1 aromatic rings. The van der Waals surface area contributed by atoms with Crippen molar-refractivity contribution >= 4 is 17.6 Å². The van der Waals surface area contributed by atoms with Crippen LogP contribution in [0, 0.1) is 0 Å². The lowest BCUT2D eigenvalue weighted by molar-refractivity contribution is -0.117. The van der Waals surface area contributed by atoms with Gasteiger partial charge in [0.15, 0.2) is 0 Å². The van der Waals surface area contributed by atoms with Crippen LogP contribution >= 0.6 is 0 Å². The van der Waals surface area contributed by atoms with Crippen molar-refractivity contribution in [3.63, 3.8) is 0 Å². The van der Waals surface area contributed by atoms with Gasteiger partial charge >= 0.3 is 6.03 Å². The first-order valence-corrected chi connectivity index (χ1v) is 9.98. The van der Waals surface area contributed by atoms with E-state index in [1.807, 2.05) is 35.2 Å². The standard InChI is InChI=1S/C21H30N4O2/c26-20(23-19-9-5-2-6-10-19)17-24-13-15-25(16-14-24)21(27)22-12-11-18-7-3-1-4-8-18/h2,5-7,9-10H,1,3-4,8,11-17H2,(H,22,27)(H,23,26). The number of benzene rings is 1. The number of nitrogens with zero attached hydrogens (tertiary/aromatic N) is 2. The van der Waals surface area contributed by atoms with E-state index >= 15 is 0 Å². The summed E-state index contributed by atoms with van der Waals surface area (Å²) in [4.78, 5) is 28.4. The number of amides is 3. The predicted molar refractivity (Wildman–Crippen MR) is 108 cm³/mol. The molecule has 27 heavy (non-hydrogen) atoms. The van der Waals surface area contributed by atoms with Crippen LogP contribution in [0.1, 0.15) is 32.1 Å². The maximum atomic E-state index is 12.3. The third-order valence-electron chi connectivity index (χ3n) is 5.19. The van der Waals surface area contributed by atoms with Crippen molar-refractivity contribution in [2.45, 2.75) is 32.1 Å². The van der Waals surface area contributed by atoms with Gasteiger partial charge < -0.3 is 15.5 Å². The van der Waals surface area contributed by atoms with Gasteiger partial charge in [-0.15, -0.1) is 0 Å². The molecule has 0 unspecified atom stereocenters. The zero-order chi connectivity index (χ0) is 18.9. The molecule has 0 radical (unpaired) electrons. The van der Waals surface area contributed by atoms with E-state index in [0.717, 1.165) is 25.2 Å². The zero-order valence-electron chi connectivity index (χ0n) is 16.0. The lowest BCUT2D eigenvalue weighted by Crippen LogP contribution is -2.53. The van der Waals surface area contributed by atoms with Gasteiger partial charge in [0.2, 0.25) is 5.91 Å². The molecule has 6 heteroatoms. The molecule has 6 nitrogen and oxygen atoms in total. The topological polar surface area (TPSA) is 64.7 Å². The molecule has 3 rings (SSSR count). The van der Waals surface area contributed by atoms with E-state index in [1.54, 1.807) is 0 Å². The van der Waals surface area contributed by atoms with Crippen molar-refractivity contribution in [1.82, 2.24) is 15.1 Å². The monoisotopic (exact) mass is 370 g/mol. The summed E-state index contributed by atoms with van der Waals surface area (Å²) >= 11 is 0. The normalized spacial score (nSPS) is 17.9. The molecule has 2 N–H and O–H groups in total. The molecule has 1 heterocycles. The number of anilines is 1. The number of urea groups is 1. The predicted octanol–water partition coefficient (Wildman–Crippen LogP) is 2.84. The van der Waals surface area contributed by atoms with Crippen molar-refractivity contribution < 1.29 is 9.59 Å². The maximum absolute atomic E-state index is 12.3. The Bertz CT molecular complexity index is 651. The minimum absolute atomic E-state index is 0.0137. The highest BCUT2D eigenvalue weighted by Crippen LogP contribution is 2.19. The molecule has 1 aromatic carbocycles. The lowest BCUT2D eigenvalue weighted by Gasteiger charge is -2.34. The van der Waals surface area contributed by atoms with E-state index in [1.165, 1.54) is 31.3 Å².